The van der Waals surface area contributed by atoms with Crippen molar-refractivity contribution in [2.45, 2.75) is 49.3 Å². The van der Waals surface area contributed by atoms with E-state index in [-0.39, 0.29) is 0 Å². The largest absolute Gasteiger partial charge is 0.397 e. The van der Waals surface area contributed by atoms with Gasteiger partial charge in [0.2, 0.25) is 0 Å². The van der Waals surface area contributed by atoms with E-state index in [0.717, 1.165) is 21.9 Å². The van der Waals surface area contributed by atoms with Crippen LogP contribution in [-0.4, -0.2) is 10.2 Å². The number of nitrogen functional groups attached to an aromatic ring is 1. The van der Waals surface area contributed by atoms with Gasteiger partial charge in [0.05, 0.1) is 5.69 Å². The van der Waals surface area contributed by atoms with E-state index in [1.54, 1.807) is 0 Å². The van der Waals surface area contributed by atoms with Crippen molar-refractivity contribution in [3.05, 3.63) is 18.3 Å². The highest BCUT2D eigenvalue weighted by molar-refractivity contribution is 8.00. The predicted octanol–water partition coefficient (Wildman–Crippen LogP) is 3.72. The number of hydrogen-bond acceptors (Lipinski definition) is 3. The van der Waals surface area contributed by atoms with Crippen molar-refractivity contribution >= 4 is 17.4 Å². The fourth-order valence-corrected chi connectivity index (χ4v) is 3.86. The molecule has 2 rings (SSSR count). The standard InChI is InChI=1S/C13H20N2S/c1-2-10-6-3-4-8-12(10)16-13-11(14)7-5-9-15-13/h5,7,9-10,12H,2-4,6,8,14H2,1H3. The minimum absolute atomic E-state index is 0.718. The highest BCUT2D eigenvalue weighted by atomic mass is 32.2. The van der Waals surface area contributed by atoms with Crippen LogP contribution in [-0.2, 0) is 0 Å². The smallest absolute Gasteiger partial charge is 0.119 e. The molecule has 16 heavy (non-hydrogen) atoms. The topological polar surface area (TPSA) is 38.9 Å². The zero-order valence-electron chi connectivity index (χ0n) is 9.86. The summed E-state index contributed by atoms with van der Waals surface area (Å²) < 4.78 is 0. The lowest BCUT2D eigenvalue weighted by Gasteiger charge is -2.30. The maximum absolute atomic E-state index is 5.94. The molecule has 1 aliphatic carbocycles. The van der Waals surface area contributed by atoms with Gasteiger partial charge in [-0.15, -0.1) is 11.8 Å². The second kappa shape index (κ2) is 5.58. The molecule has 0 radical (unpaired) electrons. The molecule has 1 aliphatic rings. The summed E-state index contributed by atoms with van der Waals surface area (Å²) in [5.74, 6) is 0.847. The normalized spacial score (nSPS) is 25.6. The summed E-state index contributed by atoms with van der Waals surface area (Å²) in [6.45, 7) is 2.30. The van der Waals surface area contributed by atoms with Crippen LogP contribution in [0.4, 0.5) is 5.69 Å². The number of anilines is 1. The summed E-state index contributed by atoms with van der Waals surface area (Å²) in [5, 5.41) is 1.74. The summed E-state index contributed by atoms with van der Waals surface area (Å²) in [5.41, 5.74) is 6.77. The number of pyridine rings is 1. The molecular formula is C13H20N2S. The van der Waals surface area contributed by atoms with Crippen molar-refractivity contribution in [1.82, 2.24) is 4.98 Å². The molecule has 2 atom stereocenters. The van der Waals surface area contributed by atoms with E-state index in [1.807, 2.05) is 30.1 Å². The third kappa shape index (κ3) is 2.70. The number of thioether (sulfide) groups is 1. The number of nitrogens with zero attached hydrogens (tertiary/aromatic N) is 1. The van der Waals surface area contributed by atoms with Gasteiger partial charge in [-0.2, -0.15) is 0 Å². The van der Waals surface area contributed by atoms with E-state index in [4.69, 9.17) is 5.73 Å². The number of nitrogens with two attached hydrogens (primary N) is 1. The third-order valence-electron chi connectivity index (χ3n) is 3.43. The van der Waals surface area contributed by atoms with Gasteiger partial charge in [0.25, 0.3) is 0 Å². The van der Waals surface area contributed by atoms with Gasteiger partial charge in [0.15, 0.2) is 0 Å². The summed E-state index contributed by atoms with van der Waals surface area (Å²) >= 11 is 1.89. The van der Waals surface area contributed by atoms with Gasteiger partial charge >= 0.3 is 0 Å². The first-order valence-corrected chi connectivity index (χ1v) is 7.06. The molecule has 1 heterocycles. The van der Waals surface area contributed by atoms with E-state index in [9.17, 15) is 0 Å². The van der Waals surface area contributed by atoms with Crippen molar-refractivity contribution in [3.63, 3.8) is 0 Å². The van der Waals surface area contributed by atoms with E-state index in [2.05, 4.69) is 11.9 Å². The van der Waals surface area contributed by atoms with Crippen LogP contribution in [0.5, 0.6) is 0 Å². The molecule has 1 saturated carbocycles. The predicted molar refractivity (Wildman–Crippen MR) is 70.5 cm³/mol. The molecule has 0 amide bonds. The van der Waals surface area contributed by atoms with E-state index in [1.165, 1.54) is 32.1 Å². The second-order valence-corrected chi connectivity index (χ2v) is 5.73. The lowest BCUT2D eigenvalue weighted by Crippen LogP contribution is -2.21. The van der Waals surface area contributed by atoms with Gasteiger partial charge in [-0.25, -0.2) is 4.98 Å². The molecule has 1 aromatic rings. The fourth-order valence-electron chi connectivity index (χ4n) is 2.44. The molecule has 0 saturated heterocycles. The minimum Gasteiger partial charge on any atom is -0.397 e. The first-order valence-electron chi connectivity index (χ1n) is 6.18. The van der Waals surface area contributed by atoms with Gasteiger partial charge in [-0.3, -0.25) is 0 Å². The Morgan fingerprint density at radius 3 is 3.00 bits per heavy atom. The van der Waals surface area contributed by atoms with Gasteiger partial charge < -0.3 is 5.73 Å². The molecule has 0 bridgehead atoms. The van der Waals surface area contributed by atoms with Crippen molar-refractivity contribution in [2.24, 2.45) is 5.92 Å². The van der Waals surface area contributed by atoms with Crippen LogP contribution < -0.4 is 5.73 Å². The van der Waals surface area contributed by atoms with Crippen molar-refractivity contribution in [2.75, 3.05) is 5.73 Å². The average molecular weight is 236 g/mol. The average Bonchev–Trinajstić information content (AvgIpc) is 2.33. The van der Waals surface area contributed by atoms with Gasteiger partial charge in [0.1, 0.15) is 5.03 Å². The van der Waals surface area contributed by atoms with E-state index < -0.39 is 0 Å². The molecule has 2 unspecified atom stereocenters. The van der Waals surface area contributed by atoms with Crippen LogP contribution >= 0.6 is 11.8 Å². The number of aromatic nitrogens is 1. The molecule has 0 aliphatic heterocycles. The van der Waals surface area contributed by atoms with Crippen LogP contribution in [0.25, 0.3) is 0 Å². The first kappa shape index (κ1) is 11.8. The quantitative estimate of drug-likeness (QED) is 0.869. The third-order valence-corrected chi connectivity index (χ3v) is 4.92. The molecule has 1 aromatic heterocycles. The highest BCUT2D eigenvalue weighted by Crippen LogP contribution is 2.39. The summed E-state index contributed by atoms with van der Waals surface area (Å²) in [4.78, 5) is 4.38. The molecule has 2 nitrogen and oxygen atoms in total. The van der Waals surface area contributed by atoms with Crippen molar-refractivity contribution in [3.8, 4) is 0 Å². The fraction of sp³-hybridized carbons (Fsp3) is 0.615. The minimum atomic E-state index is 0.718. The zero-order chi connectivity index (χ0) is 11.4. The first-order chi connectivity index (χ1) is 7.81. The number of hydrogen-bond donors (Lipinski definition) is 1. The Balaban J connectivity index is 2.05. The summed E-state index contributed by atoms with van der Waals surface area (Å²) in [7, 11) is 0. The van der Waals surface area contributed by atoms with E-state index in [0.29, 0.717) is 0 Å². The lowest BCUT2D eigenvalue weighted by atomic mass is 9.87. The zero-order valence-corrected chi connectivity index (χ0v) is 10.7. The monoisotopic (exact) mass is 236 g/mol. The molecule has 3 heteroatoms. The van der Waals surface area contributed by atoms with E-state index >= 15 is 0 Å². The Labute approximate surface area is 102 Å². The molecule has 2 N–H and O–H groups in total. The summed E-state index contributed by atoms with van der Waals surface area (Å²) in [6.07, 6.45) is 8.57. The highest BCUT2D eigenvalue weighted by Gasteiger charge is 2.25. The van der Waals surface area contributed by atoms with Crippen molar-refractivity contribution < 1.29 is 0 Å². The number of rotatable bonds is 3. The van der Waals surface area contributed by atoms with Crippen LogP contribution in [0.3, 0.4) is 0 Å². The Morgan fingerprint density at radius 2 is 2.25 bits per heavy atom. The maximum Gasteiger partial charge on any atom is 0.119 e. The SMILES string of the molecule is CCC1CCCCC1Sc1ncccc1N. The lowest BCUT2D eigenvalue weighted by molar-refractivity contribution is 0.361. The van der Waals surface area contributed by atoms with Crippen LogP contribution in [0.1, 0.15) is 39.0 Å². The van der Waals surface area contributed by atoms with Crippen LogP contribution in [0.2, 0.25) is 0 Å². The van der Waals surface area contributed by atoms with Crippen LogP contribution in [0, 0.1) is 5.92 Å². The molecule has 88 valence electrons. The Bertz CT molecular complexity index is 340. The van der Waals surface area contributed by atoms with Gasteiger partial charge in [0, 0.05) is 11.4 Å². The Kier molecular flexibility index (Phi) is 4.10. The molecule has 0 aromatic carbocycles. The molecule has 1 fully saturated rings. The second-order valence-electron chi connectivity index (χ2n) is 4.51. The molecular weight excluding hydrogens is 216 g/mol. The van der Waals surface area contributed by atoms with Gasteiger partial charge in [-0.05, 0) is 30.9 Å². The Morgan fingerprint density at radius 1 is 1.44 bits per heavy atom. The van der Waals surface area contributed by atoms with Crippen molar-refractivity contribution in [1.29, 1.82) is 0 Å². The maximum atomic E-state index is 5.94. The Hall–Kier alpha value is -0.700. The van der Waals surface area contributed by atoms with Gasteiger partial charge in [-0.1, -0.05) is 26.2 Å². The summed E-state index contributed by atoms with van der Waals surface area (Å²) in [6, 6.07) is 3.84. The van der Waals surface area contributed by atoms with Crippen LogP contribution in [0.15, 0.2) is 23.4 Å². The molecule has 0 spiro atoms.